The second kappa shape index (κ2) is 7.43. The Bertz CT molecular complexity index is 1020. The number of aryl methyl sites for hydroxylation is 2. The molecule has 0 saturated carbocycles. The fourth-order valence-corrected chi connectivity index (χ4v) is 4.25. The maximum Gasteiger partial charge on any atom is 0.125 e. The van der Waals surface area contributed by atoms with Crippen LogP contribution in [0.1, 0.15) is 50.6 Å². The van der Waals surface area contributed by atoms with E-state index in [0.717, 1.165) is 57.5 Å². The third-order valence-electron chi connectivity index (χ3n) is 4.58. The number of rotatable bonds is 3. The van der Waals surface area contributed by atoms with E-state index >= 15 is 0 Å². The lowest BCUT2D eigenvalue weighted by molar-refractivity contribution is 0.440. The molecule has 0 aromatic carbocycles. The molecule has 6 heteroatoms. The molecule has 3 heterocycles. The predicted molar refractivity (Wildman–Crippen MR) is 116 cm³/mol. The van der Waals surface area contributed by atoms with Gasteiger partial charge in [0, 0.05) is 23.5 Å². The Morgan fingerprint density at radius 3 is 2.71 bits per heavy atom. The molecule has 0 saturated heterocycles. The van der Waals surface area contributed by atoms with Crippen LogP contribution < -0.4 is 5.43 Å². The van der Waals surface area contributed by atoms with Crippen LogP contribution >= 0.6 is 11.3 Å². The van der Waals surface area contributed by atoms with Crippen LogP contribution in [0.2, 0.25) is 0 Å². The van der Waals surface area contributed by atoms with Gasteiger partial charge in [-0.25, -0.2) is 9.97 Å². The lowest BCUT2D eigenvalue weighted by Gasteiger charge is -2.22. The van der Waals surface area contributed by atoms with Crippen molar-refractivity contribution in [2.24, 2.45) is 5.10 Å². The summed E-state index contributed by atoms with van der Waals surface area (Å²) in [5.74, 6) is 0. The van der Waals surface area contributed by atoms with Crippen LogP contribution in [0.3, 0.4) is 0 Å². The molecule has 0 aliphatic heterocycles. The zero-order valence-electron chi connectivity index (χ0n) is 16.8. The molecule has 3 aromatic rings. The smallest absolute Gasteiger partial charge is 0.125 e. The summed E-state index contributed by atoms with van der Waals surface area (Å²) >= 11 is 1.67. The summed E-state index contributed by atoms with van der Waals surface area (Å²) in [6.07, 6.45) is 6.76. The van der Waals surface area contributed by atoms with E-state index in [0.29, 0.717) is 0 Å². The third-order valence-corrected chi connectivity index (χ3v) is 5.80. The van der Waals surface area contributed by atoms with Crippen molar-refractivity contribution < 1.29 is 0 Å². The van der Waals surface area contributed by atoms with Gasteiger partial charge in [-0.05, 0) is 70.7 Å². The highest BCUT2D eigenvalue weighted by molar-refractivity contribution is 7.18. The first-order valence-corrected chi connectivity index (χ1v) is 10.4. The standard InChI is InChI=1S/C22H25N5S/c1-14-20(28-21(24-14)16-8-6-12-23-13-16)18-11-10-15-7-5-9-17(19(15)25-18)26-27-22(2,3)4/h6,8,10-13,27H,5,7,9H2,1-4H3/b26-17+. The Hall–Kier alpha value is -2.60. The maximum atomic E-state index is 5.02. The highest BCUT2D eigenvalue weighted by Crippen LogP contribution is 2.35. The quantitative estimate of drug-likeness (QED) is 0.638. The summed E-state index contributed by atoms with van der Waals surface area (Å²) < 4.78 is 0. The van der Waals surface area contributed by atoms with Gasteiger partial charge in [0.25, 0.3) is 0 Å². The lowest BCUT2D eigenvalue weighted by atomic mass is 9.94. The van der Waals surface area contributed by atoms with Gasteiger partial charge < -0.3 is 5.43 Å². The molecule has 1 aliphatic rings. The van der Waals surface area contributed by atoms with Crippen molar-refractivity contribution in [1.29, 1.82) is 0 Å². The summed E-state index contributed by atoms with van der Waals surface area (Å²) in [5.41, 5.74) is 9.55. The van der Waals surface area contributed by atoms with Crippen molar-refractivity contribution in [3.8, 4) is 21.1 Å². The molecule has 0 unspecified atom stereocenters. The number of hydrogen-bond acceptors (Lipinski definition) is 6. The van der Waals surface area contributed by atoms with E-state index in [2.05, 4.69) is 48.4 Å². The number of pyridine rings is 2. The van der Waals surface area contributed by atoms with Crippen molar-refractivity contribution in [2.45, 2.75) is 52.5 Å². The first-order chi connectivity index (χ1) is 13.4. The van der Waals surface area contributed by atoms with Gasteiger partial charge in [-0.2, -0.15) is 5.10 Å². The number of nitrogens with zero attached hydrogens (tertiary/aromatic N) is 4. The minimum atomic E-state index is -0.0604. The van der Waals surface area contributed by atoms with Crippen LogP contribution in [0.15, 0.2) is 41.8 Å². The van der Waals surface area contributed by atoms with Crippen molar-refractivity contribution in [1.82, 2.24) is 20.4 Å². The fourth-order valence-electron chi connectivity index (χ4n) is 3.22. The monoisotopic (exact) mass is 391 g/mol. The first-order valence-electron chi connectivity index (χ1n) is 9.63. The van der Waals surface area contributed by atoms with Gasteiger partial charge in [0.1, 0.15) is 5.01 Å². The number of aromatic nitrogens is 3. The van der Waals surface area contributed by atoms with Gasteiger partial charge in [0.15, 0.2) is 0 Å². The lowest BCUT2D eigenvalue weighted by Crippen LogP contribution is -2.33. The third kappa shape index (κ3) is 3.97. The Kier molecular flexibility index (Phi) is 4.98. The van der Waals surface area contributed by atoms with Gasteiger partial charge in [-0.1, -0.05) is 6.07 Å². The second-order valence-corrected chi connectivity index (χ2v) is 9.15. The van der Waals surface area contributed by atoms with Gasteiger partial charge in [0.2, 0.25) is 0 Å². The Morgan fingerprint density at radius 2 is 1.96 bits per heavy atom. The van der Waals surface area contributed by atoms with Crippen LogP contribution in [-0.4, -0.2) is 26.2 Å². The highest BCUT2D eigenvalue weighted by atomic mass is 32.1. The Morgan fingerprint density at radius 1 is 1.11 bits per heavy atom. The van der Waals surface area contributed by atoms with Gasteiger partial charge in [-0.3, -0.25) is 4.98 Å². The normalized spacial score (nSPS) is 15.5. The SMILES string of the molecule is Cc1nc(-c2cccnc2)sc1-c1ccc2c(n1)/C(=N/NC(C)(C)C)CCC2. The molecular formula is C22H25N5S. The van der Waals surface area contributed by atoms with Gasteiger partial charge >= 0.3 is 0 Å². The zero-order chi connectivity index (χ0) is 19.7. The minimum absolute atomic E-state index is 0.0604. The van der Waals surface area contributed by atoms with Crippen LogP contribution in [0.25, 0.3) is 21.1 Å². The van der Waals surface area contributed by atoms with Crippen LogP contribution in [0, 0.1) is 6.92 Å². The molecule has 0 atom stereocenters. The molecule has 3 aromatic heterocycles. The summed E-state index contributed by atoms with van der Waals surface area (Å²) in [4.78, 5) is 15.1. The topological polar surface area (TPSA) is 63.1 Å². The van der Waals surface area contributed by atoms with E-state index in [1.165, 1.54) is 5.56 Å². The molecule has 5 nitrogen and oxygen atoms in total. The van der Waals surface area contributed by atoms with E-state index in [1.807, 2.05) is 25.3 Å². The van der Waals surface area contributed by atoms with Crippen molar-refractivity contribution in [3.05, 3.63) is 53.6 Å². The summed E-state index contributed by atoms with van der Waals surface area (Å²) in [6.45, 7) is 8.39. The molecule has 144 valence electrons. The zero-order valence-corrected chi connectivity index (χ0v) is 17.6. The molecule has 0 radical (unpaired) electrons. The highest BCUT2D eigenvalue weighted by Gasteiger charge is 2.21. The molecule has 0 amide bonds. The van der Waals surface area contributed by atoms with Crippen LogP contribution in [0.5, 0.6) is 0 Å². The Balaban J connectivity index is 1.72. The van der Waals surface area contributed by atoms with Crippen LogP contribution in [0.4, 0.5) is 0 Å². The minimum Gasteiger partial charge on any atom is -0.304 e. The average molecular weight is 392 g/mol. The molecule has 4 rings (SSSR count). The van der Waals surface area contributed by atoms with Crippen LogP contribution in [-0.2, 0) is 6.42 Å². The van der Waals surface area contributed by atoms with E-state index in [9.17, 15) is 0 Å². The van der Waals surface area contributed by atoms with Crippen molar-refractivity contribution in [2.75, 3.05) is 0 Å². The predicted octanol–water partition coefficient (Wildman–Crippen LogP) is 5.00. The van der Waals surface area contributed by atoms with E-state index in [-0.39, 0.29) is 5.54 Å². The maximum absolute atomic E-state index is 5.02. The first kappa shape index (κ1) is 18.7. The largest absolute Gasteiger partial charge is 0.304 e. The second-order valence-electron chi connectivity index (χ2n) is 8.15. The van der Waals surface area contributed by atoms with E-state index < -0.39 is 0 Å². The van der Waals surface area contributed by atoms with Gasteiger partial charge in [0.05, 0.1) is 27.7 Å². The van der Waals surface area contributed by atoms with Gasteiger partial charge in [-0.15, -0.1) is 11.3 Å². The summed E-state index contributed by atoms with van der Waals surface area (Å²) in [7, 11) is 0. The molecule has 0 spiro atoms. The average Bonchev–Trinajstić information content (AvgIpc) is 3.08. The van der Waals surface area contributed by atoms with E-state index in [4.69, 9.17) is 9.97 Å². The van der Waals surface area contributed by atoms with Crippen molar-refractivity contribution >= 4 is 17.0 Å². The molecule has 0 fully saturated rings. The Labute approximate surface area is 170 Å². The fraction of sp³-hybridized carbons (Fsp3) is 0.364. The molecule has 0 bridgehead atoms. The summed E-state index contributed by atoms with van der Waals surface area (Å²) in [6, 6.07) is 8.30. The van der Waals surface area contributed by atoms with E-state index in [1.54, 1.807) is 17.5 Å². The number of nitrogens with one attached hydrogen (secondary N) is 1. The molecule has 1 aliphatic carbocycles. The van der Waals surface area contributed by atoms with Crippen molar-refractivity contribution in [3.63, 3.8) is 0 Å². The molecular weight excluding hydrogens is 366 g/mol. The number of fused-ring (bicyclic) bond motifs is 1. The number of hydrazone groups is 1. The molecule has 1 N–H and O–H groups in total. The molecule has 28 heavy (non-hydrogen) atoms. The number of hydrogen-bond donors (Lipinski definition) is 1. The summed E-state index contributed by atoms with van der Waals surface area (Å²) in [5, 5.41) is 5.66. The number of thiazole rings is 1.